The molecule has 3 rings (SSSR count). The maximum absolute atomic E-state index is 9.22. The number of pyridine rings is 1. The molecule has 0 aromatic carbocycles. The largest absolute Gasteiger partial charge is 0.396 e. The van der Waals surface area contributed by atoms with Crippen molar-refractivity contribution in [2.75, 3.05) is 13.2 Å². The first-order valence-electron chi connectivity index (χ1n) is 8.38. The molecule has 2 atom stereocenters. The van der Waals surface area contributed by atoms with Gasteiger partial charge >= 0.3 is 0 Å². The highest BCUT2D eigenvalue weighted by Crippen LogP contribution is 2.38. The van der Waals surface area contributed by atoms with Gasteiger partial charge < -0.3 is 19.9 Å². The first-order valence-corrected chi connectivity index (χ1v) is 8.79. The number of aromatic nitrogens is 2. The van der Waals surface area contributed by atoms with Gasteiger partial charge in [0.2, 0.25) is 0 Å². The predicted molar refractivity (Wildman–Crippen MR) is 98.7 cm³/mol. The molecule has 2 aromatic rings. The standard InChI is InChI=1S/C18H24N4OS/c1-13(2)21-10-7-14(12-21)17-16(15-6-3-4-8-19-15)20-18(24)22(17)9-5-11-23/h3-4,6-8,10,12-13,16-17,23H,5,9,11H2,1-2H3,(H,20,24)/t16-,17+/m1/s1. The van der Waals surface area contributed by atoms with Gasteiger partial charge in [-0.2, -0.15) is 0 Å². The molecule has 0 saturated carbocycles. The van der Waals surface area contributed by atoms with Crippen molar-refractivity contribution >= 4 is 17.3 Å². The highest BCUT2D eigenvalue weighted by molar-refractivity contribution is 7.80. The molecular formula is C18H24N4OS. The van der Waals surface area contributed by atoms with Crippen molar-refractivity contribution in [1.82, 2.24) is 19.8 Å². The maximum atomic E-state index is 9.22. The van der Waals surface area contributed by atoms with Gasteiger partial charge in [0.05, 0.1) is 17.8 Å². The second-order valence-electron chi connectivity index (χ2n) is 6.38. The number of rotatable bonds is 6. The quantitative estimate of drug-likeness (QED) is 0.789. The number of aliphatic hydroxyl groups is 1. The van der Waals surface area contributed by atoms with Crippen molar-refractivity contribution in [3.05, 3.63) is 54.1 Å². The highest BCUT2D eigenvalue weighted by Gasteiger charge is 2.39. The zero-order valence-electron chi connectivity index (χ0n) is 14.1. The number of nitrogens with zero attached hydrogens (tertiary/aromatic N) is 3. The third kappa shape index (κ3) is 3.30. The SMILES string of the molecule is CC(C)n1ccc([C@H]2[C@@H](c3ccccn3)NC(=S)N2CCCO)c1. The minimum absolute atomic E-state index is 0.0143. The van der Waals surface area contributed by atoms with E-state index in [1.165, 1.54) is 5.56 Å². The molecule has 24 heavy (non-hydrogen) atoms. The summed E-state index contributed by atoms with van der Waals surface area (Å²) in [5.41, 5.74) is 2.19. The lowest BCUT2D eigenvalue weighted by Crippen LogP contribution is -2.31. The van der Waals surface area contributed by atoms with Crippen molar-refractivity contribution < 1.29 is 5.11 Å². The van der Waals surface area contributed by atoms with Gasteiger partial charge in [0, 0.05) is 37.8 Å². The van der Waals surface area contributed by atoms with Gasteiger partial charge in [-0.1, -0.05) is 6.07 Å². The zero-order valence-corrected chi connectivity index (χ0v) is 14.9. The maximum Gasteiger partial charge on any atom is 0.170 e. The molecule has 5 nitrogen and oxygen atoms in total. The van der Waals surface area contributed by atoms with Crippen LogP contribution in [0.4, 0.5) is 0 Å². The Hall–Kier alpha value is -1.92. The molecule has 1 aliphatic heterocycles. The smallest absolute Gasteiger partial charge is 0.170 e. The van der Waals surface area contributed by atoms with E-state index in [1.54, 1.807) is 0 Å². The fourth-order valence-electron chi connectivity index (χ4n) is 3.18. The van der Waals surface area contributed by atoms with Crippen LogP contribution in [0.3, 0.4) is 0 Å². The van der Waals surface area contributed by atoms with Crippen LogP contribution in [0.25, 0.3) is 0 Å². The summed E-state index contributed by atoms with van der Waals surface area (Å²) in [4.78, 5) is 6.69. The van der Waals surface area contributed by atoms with Crippen molar-refractivity contribution in [2.24, 2.45) is 0 Å². The lowest BCUT2D eigenvalue weighted by Gasteiger charge is -2.27. The summed E-state index contributed by atoms with van der Waals surface area (Å²) in [6.07, 6.45) is 6.80. The summed E-state index contributed by atoms with van der Waals surface area (Å²) in [5.74, 6) is 0. The molecule has 0 radical (unpaired) electrons. The molecule has 1 saturated heterocycles. The number of hydrogen-bond acceptors (Lipinski definition) is 3. The van der Waals surface area contributed by atoms with E-state index >= 15 is 0 Å². The number of thiocarbonyl (C=S) groups is 1. The van der Waals surface area contributed by atoms with Crippen LogP contribution in [0.2, 0.25) is 0 Å². The van der Waals surface area contributed by atoms with E-state index in [4.69, 9.17) is 12.2 Å². The van der Waals surface area contributed by atoms with E-state index in [1.807, 2.05) is 24.4 Å². The van der Waals surface area contributed by atoms with Gasteiger partial charge in [0.1, 0.15) is 0 Å². The average Bonchev–Trinajstić information content (AvgIpc) is 3.18. The van der Waals surface area contributed by atoms with Crippen molar-refractivity contribution in [1.29, 1.82) is 0 Å². The summed E-state index contributed by atoms with van der Waals surface area (Å²) in [7, 11) is 0. The third-order valence-electron chi connectivity index (χ3n) is 4.43. The van der Waals surface area contributed by atoms with Crippen LogP contribution in [0, 0.1) is 0 Å². The second-order valence-corrected chi connectivity index (χ2v) is 6.77. The molecule has 0 unspecified atom stereocenters. The Kier molecular flexibility index (Phi) is 5.16. The van der Waals surface area contributed by atoms with E-state index in [0.29, 0.717) is 12.5 Å². The summed E-state index contributed by atoms with van der Waals surface area (Å²) in [5, 5.41) is 13.4. The summed E-state index contributed by atoms with van der Waals surface area (Å²) >= 11 is 5.56. The Balaban J connectivity index is 1.96. The lowest BCUT2D eigenvalue weighted by molar-refractivity contribution is 0.247. The molecule has 2 N–H and O–H groups in total. The Morgan fingerprint density at radius 2 is 2.17 bits per heavy atom. The van der Waals surface area contributed by atoms with Gasteiger partial charge in [-0.15, -0.1) is 0 Å². The van der Waals surface area contributed by atoms with E-state index < -0.39 is 0 Å². The van der Waals surface area contributed by atoms with Crippen molar-refractivity contribution in [2.45, 2.75) is 38.4 Å². The lowest BCUT2D eigenvalue weighted by atomic mass is 9.99. The minimum Gasteiger partial charge on any atom is -0.396 e. The molecule has 3 heterocycles. The molecule has 128 valence electrons. The number of hydrogen-bond donors (Lipinski definition) is 2. The Labute approximate surface area is 148 Å². The van der Waals surface area contributed by atoms with Crippen LogP contribution in [0.1, 0.15) is 49.7 Å². The third-order valence-corrected chi connectivity index (χ3v) is 4.78. The molecule has 0 amide bonds. The molecule has 0 bridgehead atoms. The number of nitrogens with one attached hydrogen (secondary N) is 1. The first kappa shape index (κ1) is 16.9. The van der Waals surface area contributed by atoms with Crippen LogP contribution in [0.15, 0.2) is 42.9 Å². The second kappa shape index (κ2) is 7.32. The molecule has 6 heteroatoms. The highest BCUT2D eigenvalue weighted by atomic mass is 32.1. The van der Waals surface area contributed by atoms with Crippen LogP contribution >= 0.6 is 12.2 Å². The Bertz CT molecular complexity index is 685. The Morgan fingerprint density at radius 1 is 1.33 bits per heavy atom. The van der Waals surface area contributed by atoms with Crippen LogP contribution in [-0.4, -0.2) is 37.8 Å². The van der Waals surface area contributed by atoms with E-state index in [9.17, 15) is 5.11 Å². The van der Waals surface area contributed by atoms with Crippen LogP contribution in [0.5, 0.6) is 0 Å². The molecule has 1 aliphatic rings. The fraction of sp³-hybridized carbons (Fsp3) is 0.444. The van der Waals surface area contributed by atoms with E-state index in [2.05, 4.69) is 52.1 Å². The summed E-state index contributed by atoms with van der Waals surface area (Å²) in [6.45, 7) is 5.22. The molecular weight excluding hydrogens is 320 g/mol. The molecule has 1 fully saturated rings. The van der Waals surface area contributed by atoms with Crippen molar-refractivity contribution in [3.8, 4) is 0 Å². The Morgan fingerprint density at radius 3 is 2.79 bits per heavy atom. The minimum atomic E-state index is 0.0143. The molecule has 2 aromatic heterocycles. The summed E-state index contributed by atoms with van der Waals surface area (Å²) < 4.78 is 2.20. The van der Waals surface area contributed by atoms with Crippen LogP contribution < -0.4 is 5.32 Å². The van der Waals surface area contributed by atoms with E-state index in [0.717, 1.165) is 17.4 Å². The predicted octanol–water partition coefficient (Wildman–Crippen LogP) is 2.82. The zero-order chi connectivity index (χ0) is 17.1. The van der Waals surface area contributed by atoms with Gasteiger partial charge in [-0.3, -0.25) is 4.98 Å². The fourth-order valence-corrected chi connectivity index (χ4v) is 3.51. The van der Waals surface area contributed by atoms with Gasteiger partial charge in [-0.05, 0) is 56.2 Å². The average molecular weight is 344 g/mol. The van der Waals surface area contributed by atoms with Crippen molar-refractivity contribution in [3.63, 3.8) is 0 Å². The number of aliphatic hydroxyl groups excluding tert-OH is 1. The van der Waals surface area contributed by atoms with Gasteiger partial charge in [0.25, 0.3) is 0 Å². The molecule has 0 aliphatic carbocycles. The normalized spacial score (nSPS) is 20.7. The van der Waals surface area contributed by atoms with Gasteiger partial charge in [-0.25, -0.2) is 0 Å². The molecule has 0 spiro atoms. The van der Waals surface area contributed by atoms with Crippen LogP contribution in [-0.2, 0) is 0 Å². The van der Waals surface area contributed by atoms with E-state index in [-0.39, 0.29) is 18.7 Å². The van der Waals surface area contributed by atoms with Gasteiger partial charge in [0.15, 0.2) is 5.11 Å². The first-order chi connectivity index (χ1) is 11.6. The monoisotopic (exact) mass is 344 g/mol. The summed E-state index contributed by atoms with van der Waals surface area (Å²) in [6, 6.07) is 8.62. The topological polar surface area (TPSA) is 53.3 Å².